The molecule has 1 aliphatic heterocycles. The lowest BCUT2D eigenvalue weighted by atomic mass is 10.2. The molecular weight excluding hydrogens is 260 g/mol. The van der Waals surface area contributed by atoms with Gasteiger partial charge in [-0.1, -0.05) is 6.92 Å². The highest BCUT2D eigenvalue weighted by Gasteiger charge is 2.30. The summed E-state index contributed by atoms with van der Waals surface area (Å²) in [6.45, 7) is 3.98. The lowest BCUT2D eigenvalue weighted by Crippen LogP contribution is -2.51. The third-order valence-electron chi connectivity index (χ3n) is 2.96. The van der Waals surface area contributed by atoms with Crippen molar-refractivity contribution in [1.29, 1.82) is 0 Å². The van der Waals surface area contributed by atoms with Gasteiger partial charge in [0.05, 0.1) is 11.7 Å². The van der Waals surface area contributed by atoms with Crippen LogP contribution in [0, 0.1) is 5.92 Å². The summed E-state index contributed by atoms with van der Waals surface area (Å²) in [7, 11) is -3.56. The van der Waals surface area contributed by atoms with Gasteiger partial charge in [0.15, 0.2) is 0 Å². The second-order valence-electron chi connectivity index (χ2n) is 4.42. The molecule has 1 rings (SSSR count). The van der Waals surface area contributed by atoms with Gasteiger partial charge in [0.25, 0.3) is 0 Å². The van der Waals surface area contributed by atoms with E-state index in [0.717, 1.165) is 0 Å². The van der Waals surface area contributed by atoms with Crippen LogP contribution in [0.15, 0.2) is 0 Å². The van der Waals surface area contributed by atoms with Gasteiger partial charge in [0, 0.05) is 33.1 Å². The normalized spacial score (nSPS) is 19.6. The molecule has 0 aromatic rings. The zero-order valence-electron chi connectivity index (χ0n) is 10.5. The number of carboxylic acid groups (broad SMARTS) is 1. The summed E-state index contributed by atoms with van der Waals surface area (Å²) in [5.74, 6) is -2.53. The number of aliphatic carboxylic acids is 1. The van der Waals surface area contributed by atoms with E-state index < -0.39 is 27.7 Å². The zero-order valence-corrected chi connectivity index (χ0v) is 11.3. The van der Waals surface area contributed by atoms with Gasteiger partial charge in [0.2, 0.25) is 15.9 Å². The van der Waals surface area contributed by atoms with Crippen LogP contribution < -0.4 is 0 Å². The Balaban J connectivity index is 2.61. The summed E-state index contributed by atoms with van der Waals surface area (Å²) >= 11 is 0. The fourth-order valence-corrected chi connectivity index (χ4v) is 3.48. The summed E-state index contributed by atoms with van der Waals surface area (Å²) < 4.78 is 25.1. The molecule has 0 aromatic carbocycles. The summed E-state index contributed by atoms with van der Waals surface area (Å²) in [6.07, 6.45) is 0. The molecule has 1 saturated heterocycles. The Hall–Kier alpha value is -1.15. The Morgan fingerprint density at radius 1 is 1.22 bits per heavy atom. The molecule has 1 N–H and O–H groups in total. The van der Waals surface area contributed by atoms with Crippen molar-refractivity contribution in [3.05, 3.63) is 0 Å². The standard InChI is InChI=1S/C10H18N2O5S/c1-8(10(14)15)7-18(16,17)12-5-3-11(4-6-12)9(2)13/h8H,3-7H2,1-2H3,(H,14,15). The smallest absolute Gasteiger partial charge is 0.307 e. The first kappa shape index (κ1) is 14.9. The first-order chi connectivity index (χ1) is 8.24. The third-order valence-corrected chi connectivity index (χ3v) is 5.03. The van der Waals surface area contributed by atoms with Crippen LogP contribution in [-0.2, 0) is 19.6 Å². The SMILES string of the molecule is CC(=O)N1CCN(S(=O)(=O)CC(C)C(=O)O)CC1. The first-order valence-corrected chi connectivity index (χ1v) is 7.31. The third kappa shape index (κ3) is 3.67. The van der Waals surface area contributed by atoms with Crippen molar-refractivity contribution in [2.75, 3.05) is 31.9 Å². The summed E-state index contributed by atoms with van der Waals surface area (Å²) in [4.78, 5) is 23.3. The molecule has 0 saturated carbocycles. The fraction of sp³-hybridized carbons (Fsp3) is 0.800. The van der Waals surface area contributed by atoms with Crippen molar-refractivity contribution >= 4 is 21.9 Å². The zero-order chi connectivity index (χ0) is 13.9. The molecular formula is C10H18N2O5S. The number of hydrogen-bond donors (Lipinski definition) is 1. The second-order valence-corrected chi connectivity index (χ2v) is 6.44. The molecule has 1 unspecified atom stereocenters. The van der Waals surface area contributed by atoms with Gasteiger partial charge >= 0.3 is 5.97 Å². The highest BCUT2D eigenvalue weighted by molar-refractivity contribution is 7.89. The molecule has 7 nitrogen and oxygen atoms in total. The van der Waals surface area contributed by atoms with Crippen LogP contribution in [0.4, 0.5) is 0 Å². The van der Waals surface area contributed by atoms with Gasteiger partial charge in [0.1, 0.15) is 0 Å². The van der Waals surface area contributed by atoms with E-state index in [4.69, 9.17) is 5.11 Å². The number of piperazine rings is 1. The predicted molar refractivity (Wildman–Crippen MR) is 64.4 cm³/mol. The highest BCUT2D eigenvalue weighted by atomic mass is 32.2. The molecule has 0 aliphatic carbocycles. The Kier molecular flexibility index (Phi) is 4.69. The van der Waals surface area contributed by atoms with Gasteiger partial charge in [-0.15, -0.1) is 0 Å². The van der Waals surface area contributed by atoms with E-state index in [1.807, 2.05) is 0 Å². The van der Waals surface area contributed by atoms with Gasteiger partial charge in [-0.2, -0.15) is 4.31 Å². The summed E-state index contributed by atoms with van der Waals surface area (Å²) in [6, 6.07) is 0. The molecule has 1 heterocycles. The number of amides is 1. The Bertz CT molecular complexity index is 426. The maximum Gasteiger partial charge on any atom is 0.307 e. The number of rotatable bonds is 4. The van der Waals surface area contributed by atoms with Crippen LogP contribution in [0.5, 0.6) is 0 Å². The molecule has 1 amide bonds. The Labute approximate surface area is 106 Å². The van der Waals surface area contributed by atoms with E-state index >= 15 is 0 Å². The van der Waals surface area contributed by atoms with Crippen molar-refractivity contribution in [3.8, 4) is 0 Å². The van der Waals surface area contributed by atoms with Crippen LogP contribution in [0.1, 0.15) is 13.8 Å². The molecule has 18 heavy (non-hydrogen) atoms. The lowest BCUT2D eigenvalue weighted by Gasteiger charge is -2.33. The molecule has 0 aromatic heterocycles. The minimum Gasteiger partial charge on any atom is -0.481 e. The molecule has 0 radical (unpaired) electrons. The van der Waals surface area contributed by atoms with Crippen LogP contribution in [0.25, 0.3) is 0 Å². The largest absolute Gasteiger partial charge is 0.481 e. The van der Waals surface area contributed by atoms with E-state index in [2.05, 4.69) is 0 Å². The molecule has 104 valence electrons. The minimum absolute atomic E-state index is 0.0778. The predicted octanol–water partition coefficient (Wildman–Crippen LogP) is -0.799. The number of carbonyl (C=O) groups is 2. The first-order valence-electron chi connectivity index (χ1n) is 5.70. The minimum atomic E-state index is -3.56. The maximum atomic E-state index is 11.9. The van der Waals surface area contributed by atoms with E-state index in [0.29, 0.717) is 13.1 Å². The van der Waals surface area contributed by atoms with Crippen LogP contribution in [-0.4, -0.2) is 66.5 Å². The van der Waals surface area contributed by atoms with E-state index in [1.165, 1.54) is 18.2 Å². The molecule has 8 heteroatoms. The summed E-state index contributed by atoms with van der Waals surface area (Å²) in [5.41, 5.74) is 0. The summed E-state index contributed by atoms with van der Waals surface area (Å²) in [5, 5.41) is 8.72. The number of carboxylic acids is 1. The van der Waals surface area contributed by atoms with Gasteiger partial charge < -0.3 is 10.0 Å². The van der Waals surface area contributed by atoms with E-state index in [-0.39, 0.29) is 19.0 Å². The molecule has 0 bridgehead atoms. The van der Waals surface area contributed by atoms with Gasteiger partial charge in [-0.3, -0.25) is 9.59 Å². The van der Waals surface area contributed by atoms with Gasteiger partial charge in [-0.25, -0.2) is 8.42 Å². The number of nitrogens with zero attached hydrogens (tertiary/aromatic N) is 2. The Morgan fingerprint density at radius 2 is 1.72 bits per heavy atom. The quantitative estimate of drug-likeness (QED) is 0.726. The average molecular weight is 278 g/mol. The van der Waals surface area contributed by atoms with Gasteiger partial charge in [-0.05, 0) is 0 Å². The van der Waals surface area contributed by atoms with Crippen molar-refractivity contribution in [2.24, 2.45) is 5.92 Å². The van der Waals surface area contributed by atoms with E-state index in [1.54, 1.807) is 4.90 Å². The molecule has 1 aliphatic rings. The van der Waals surface area contributed by atoms with E-state index in [9.17, 15) is 18.0 Å². The fourth-order valence-electron chi connectivity index (χ4n) is 1.77. The highest BCUT2D eigenvalue weighted by Crippen LogP contribution is 2.11. The second kappa shape index (κ2) is 5.66. The molecule has 0 spiro atoms. The maximum absolute atomic E-state index is 11.9. The number of carbonyl (C=O) groups excluding carboxylic acids is 1. The topological polar surface area (TPSA) is 95.0 Å². The van der Waals surface area contributed by atoms with Crippen LogP contribution >= 0.6 is 0 Å². The number of hydrogen-bond acceptors (Lipinski definition) is 4. The van der Waals surface area contributed by atoms with Crippen molar-refractivity contribution in [2.45, 2.75) is 13.8 Å². The Morgan fingerprint density at radius 3 is 2.11 bits per heavy atom. The van der Waals surface area contributed by atoms with Crippen LogP contribution in [0.2, 0.25) is 0 Å². The van der Waals surface area contributed by atoms with Crippen molar-refractivity contribution < 1.29 is 23.1 Å². The lowest BCUT2D eigenvalue weighted by molar-refractivity contribution is -0.140. The van der Waals surface area contributed by atoms with Crippen LogP contribution in [0.3, 0.4) is 0 Å². The number of sulfonamides is 1. The molecule has 1 fully saturated rings. The monoisotopic (exact) mass is 278 g/mol. The van der Waals surface area contributed by atoms with Crippen molar-refractivity contribution in [3.63, 3.8) is 0 Å². The average Bonchev–Trinajstić information content (AvgIpc) is 2.28. The van der Waals surface area contributed by atoms with Crippen molar-refractivity contribution in [1.82, 2.24) is 9.21 Å². The molecule has 1 atom stereocenters.